The van der Waals surface area contributed by atoms with Gasteiger partial charge in [0, 0.05) is 43.5 Å². The second-order valence-electron chi connectivity index (χ2n) is 14.1. The lowest BCUT2D eigenvalue weighted by atomic mass is 9.98. The molecule has 3 heterocycles. The number of benzene rings is 4. The van der Waals surface area contributed by atoms with Crippen LogP contribution < -0.4 is 20.9 Å². The second kappa shape index (κ2) is 18.3. The number of pyridine rings is 1. The average Bonchev–Trinajstić information content (AvgIpc) is 3.85. The molecule has 292 valence electrons. The number of ether oxygens (including phenoxy) is 4. The number of phenols is 1. The minimum absolute atomic E-state index is 0.0656. The number of aliphatic hydroxyl groups excluding tert-OH is 1. The highest BCUT2D eigenvalue weighted by Gasteiger charge is 2.40. The Labute approximate surface area is 324 Å². The molecule has 5 aromatic rings. The Balaban J connectivity index is 0.822. The fraction of sp³-hybridized carbons (Fsp3) is 0.326. The van der Waals surface area contributed by atoms with E-state index in [9.17, 15) is 24.6 Å². The van der Waals surface area contributed by atoms with Crippen molar-refractivity contribution in [3.8, 4) is 11.5 Å². The number of fused-ring (bicyclic) bond motifs is 3. The number of amides is 1. The maximum Gasteiger partial charge on any atom is 0.408 e. The van der Waals surface area contributed by atoms with E-state index in [0.29, 0.717) is 41.3 Å². The number of hydrogen-bond acceptors (Lipinski definition) is 11. The van der Waals surface area contributed by atoms with Gasteiger partial charge in [-0.3, -0.25) is 9.69 Å². The number of phenolic OH excluding ortho intramolecular Hbond substituents is 1. The number of H-pyrrole nitrogens is 1. The van der Waals surface area contributed by atoms with Gasteiger partial charge in [-0.1, -0.05) is 60.7 Å². The molecule has 0 radical (unpaired) electrons. The van der Waals surface area contributed by atoms with Crippen LogP contribution in [-0.4, -0.2) is 90.8 Å². The number of aromatic nitrogens is 1. The Kier molecular flexibility index (Phi) is 12.6. The van der Waals surface area contributed by atoms with E-state index in [1.807, 2.05) is 66.7 Å². The van der Waals surface area contributed by atoms with Crippen molar-refractivity contribution in [3.05, 3.63) is 141 Å². The molecule has 5 atom stereocenters. The third-order valence-corrected chi connectivity index (χ3v) is 10.2. The van der Waals surface area contributed by atoms with Crippen molar-refractivity contribution in [2.45, 2.75) is 31.3 Å². The Morgan fingerprint density at radius 1 is 0.893 bits per heavy atom. The van der Waals surface area contributed by atoms with Gasteiger partial charge in [-0.2, -0.15) is 0 Å². The van der Waals surface area contributed by atoms with Gasteiger partial charge in [0.2, 0.25) is 5.56 Å². The van der Waals surface area contributed by atoms with E-state index in [1.54, 1.807) is 24.3 Å². The first-order valence-corrected chi connectivity index (χ1v) is 18.9. The number of nitrogens with zero attached hydrogens (tertiary/aromatic N) is 1. The summed E-state index contributed by atoms with van der Waals surface area (Å²) in [4.78, 5) is 42.3. The van der Waals surface area contributed by atoms with Crippen LogP contribution in [0, 0.1) is 5.92 Å². The van der Waals surface area contributed by atoms with Gasteiger partial charge in [0.15, 0.2) is 0 Å². The summed E-state index contributed by atoms with van der Waals surface area (Å²) in [5.41, 5.74) is 3.57. The summed E-state index contributed by atoms with van der Waals surface area (Å²) in [7, 11) is 0. The van der Waals surface area contributed by atoms with Crippen molar-refractivity contribution in [1.82, 2.24) is 20.5 Å². The van der Waals surface area contributed by atoms with Crippen LogP contribution in [0.3, 0.4) is 0 Å². The van der Waals surface area contributed by atoms with Crippen LogP contribution in [0.1, 0.15) is 51.2 Å². The van der Waals surface area contributed by atoms with Crippen LogP contribution in [0.5, 0.6) is 11.5 Å². The lowest BCUT2D eigenvalue weighted by molar-refractivity contribution is 0.0318. The summed E-state index contributed by atoms with van der Waals surface area (Å²) in [6, 6.07) is 30.0. The van der Waals surface area contributed by atoms with Gasteiger partial charge in [0.05, 0.1) is 36.4 Å². The fourth-order valence-corrected chi connectivity index (χ4v) is 7.27. The van der Waals surface area contributed by atoms with E-state index in [2.05, 4.69) is 20.5 Å². The molecule has 13 nitrogen and oxygen atoms in total. The highest BCUT2D eigenvalue weighted by atomic mass is 16.6. The number of aliphatic hydroxyl groups is 1. The molecular weight excluding hydrogens is 716 g/mol. The number of nitrogens with one attached hydrogen (secondary N) is 3. The molecule has 0 saturated carbocycles. The molecule has 1 amide bonds. The number of hydrogen-bond donors (Lipinski definition) is 5. The van der Waals surface area contributed by atoms with Crippen LogP contribution in [0.4, 0.5) is 4.79 Å². The molecule has 0 spiro atoms. The minimum Gasteiger partial charge on any atom is -0.506 e. The molecule has 2 aliphatic heterocycles. The van der Waals surface area contributed by atoms with Gasteiger partial charge in [0.1, 0.15) is 30.8 Å². The van der Waals surface area contributed by atoms with Gasteiger partial charge in [0.25, 0.3) is 0 Å². The third kappa shape index (κ3) is 9.73. The third-order valence-electron chi connectivity index (χ3n) is 10.2. The zero-order valence-electron chi connectivity index (χ0n) is 30.9. The van der Waals surface area contributed by atoms with Crippen molar-refractivity contribution >= 4 is 23.0 Å². The molecule has 1 aromatic heterocycles. The summed E-state index contributed by atoms with van der Waals surface area (Å²) >= 11 is 0. The van der Waals surface area contributed by atoms with Crippen molar-refractivity contribution < 1.29 is 38.7 Å². The molecule has 2 fully saturated rings. The molecule has 56 heavy (non-hydrogen) atoms. The van der Waals surface area contributed by atoms with Crippen LogP contribution in [0.25, 0.3) is 10.9 Å². The first-order chi connectivity index (χ1) is 27.3. The minimum atomic E-state index is -0.872. The van der Waals surface area contributed by atoms with Crippen LogP contribution in [-0.2, 0) is 20.8 Å². The second-order valence-corrected chi connectivity index (χ2v) is 14.1. The summed E-state index contributed by atoms with van der Waals surface area (Å²) in [6.45, 7) is 4.43. The predicted octanol–water partition coefficient (Wildman–Crippen LogP) is 4.83. The number of rotatable bonds is 17. The fourth-order valence-electron chi connectivity index (χ4n) is 7.27. The van der Waals surface area contributed by atoms with Gasteiger partial charge in [-0.15, -0.1) is 0 Å². The monoisotopic (exact) mass is 762 g/mol. The van der Waals surface area contributed by atoms with Gasteiger partial charge < -0.3 is 44.8 Å². The van der Waals surface area contributed by atoms with E-state index in [0.717, 1.165) is 42.7 Å². The van der Waals surface area contributed by atoms with Crippen molar-refractivity contribution in [3.63, 3.8) is 0 Å². The molecule has 7 rings (SSSR count). The summed E-state index contributed by atoms with van der Waals surface area (Å²) < 4.78 is 22.9. The Morgan fingerprint density at radius 2 is 1.71 bits per heavy atom. The zero-order valence-corrected chi connectivity index (χ0v) is 30.9. The molecule has 2 saturated heterocycles. The number of carbonyl (C=O) groups excluding carboxylic acids is 2. The SMILES string of the molecule is O=C(NC(c1ccccc1)c1cccc(OCc2ccc(C(=O)OCCOCCNCC(O)c3ccc(O)c4[nH]c(=O)ccc34)cc2)c1)OC1CN2CCC1C2. The lowest BCUT2D eigenvalue weighted by Gasteiger charge is -2.25. The molecule has 2 bridgehead atoms. The highest BCUT2D eigenvalue weighted by molar-refractivity contribution is 5.89. The van der Waals surface area contributed by atoms with E-state index < -0.39 is 24.2 Å². The molecule has 4 aromatic carbocycles. The van der Waals surface area contributed by atoms with E-state index >= 15 is 0 Å². The Morgan fingerprint density at radius 3 is 2.50 bits per heavy atom. The number of carbonyl (C=O) groups is 2. The highest BCUT2D eigenvalue weighted by Crippen LogP contribution is 2.31. The molecule has 5 unspecified atom stereocenters. The van der Waals surface area contributed by atoms with Crippen molar-refractivity contribution in [2.75, 3.05) is 52.5 Å². The topological polar surface area (TPSA) is 172 Å². The maximum atomic E-state index is 13.1. The van der Waals surface area contributed by atoms with E-state index in [1.165, 1.54) is 12.1 Å². The maximum absolute atomic E-state index is 13.1. The van der Waals surface area contributed by atoms with Gasteiger partial charge in [-0.05, 0) is 71.6 Å². The lowest BCUT2D eigenvalue weighted by Crippen LogP contribution is -2.37. The molecule has 5 N–H and O–H groups in total. The predicted molar refractivity (Wildman–Crippen MR) is 209 cm³/mol. The Bertz CT molecular complexity index is 2160. The number of piperidine rings is 1. The van der Waals surface area contributed by atoms with Crippen molar-refractivity contribution in [2.24, 2.45) is 5.92 Å². The first kappa shape index (κ1) is 38.5. The average molecular weight is 763 g/mol. The summed E-state index contributed by atoms with van der Waals surface area (Å²) in [5, 5.41) is 27.5. The van der Waals surface area contributed by atoms with Crippen molar-refractivity contribution in [1.29, 1.82) is 0 Å². The number of aromatic amines is 1. The summed E-state index contributed by atoms with van der Waals surface area (Å²) in [5.74, 6) is 0.510. The van der Waals surface area contributed by atoms with Crippen LogP contribution in [0.2, 0.25) is 0 Å². The standard InChI is InChI=1S/C43H46N4O9/c48-36-15-13-34(35-14-16-39(50)45-41(35)36)37(49)24-44-18-20-53-21-22-54-42(51)30-11-9-28(10-12-30)27-55-33-8-4-7-31(23-33)40(29-5-2-1-3-6-29)46-43(52)56-38-26-47-19-17-32(38)25-47/h1-16,23,32,37-38,40,44,48-49H,17-22,24-27H2,(H,45,50)(H,46,52). The van der Waals surface area contributed by atoms with E-state index in [4.69, 9.17) is 18.9 Å². The smallest absolute Gasteiger partial charge is 0.408 e. The molecule has 2 aliphatic rings. The van der Waals surface area contributed by atoms with Crippen LogP contribution >= 0.6 is 0 Å². The first-order valence-electron chi connectivity index (χ1n) is 18.9. The van der Waals surface area contributed by atoms with Gasteiger partial charge >= 0.3 is 12.1 Å². The molecule has 13 heteroatoms. The number of aromatic hydroxyl groups is 1. The molecular formula is C43H46N4O9. The largest absolute Gasteiger partial charge is 0.506 e. The zero-order chi connectivity index (χ0) is 38.9. The normalized spacial score (nSPS) is 18.3. The molecule has 0 aliphatic carbocycles. The summed E-state index contributed by atoms with van der Waals surface area (Å²) in [6.07, 6.45) is -0.322. The number of alkyl carbamates (subject to hydrolysis) is 1. The van der Waals surface area contributed by atoms with Gasteiger partial charge in [-0.25, -0.2) is 9.59 Å². The van der Waals surface area contributed by atoms with Crippen LogP contribution in [0.15, 0.2) is 108 Å². The Hall–Kier alpha value is -5.73. The quantitative estimate of drug-likeness (QED) is 0.0650. The number of esters is 1. The van der Waals surface area contributed by atoms with E-state index in [-0.39, 0.29) is 49.3 Å².